The van der Waals surface area contributed by atoms with E-state index in [1.54, 1.807) is 7.11 Å². The number of ketones is 1. The van der Waals surface area contributed by atoms with Gasteiger partial charge >= 0.3 is 0 Å². The van der Waals surface area contributed by atoms with Crippen LogP contribution in [-0.4, -0.2) is 50.1 Å². The molecule has 0 aromatic heterocycles. The molecule has 2 heterocycles. The van der Waals surface area contributed by atoms with Crippen LogP contribution in [-0.2, 0) is 16.0 Å². The van der Waals surface area contributed by atoms with Crippen molar-refractivity contribution < 1.29 is 23.8 Å². The maximum absolute atomic E-state index is 13.3. The lowest BCUT2D eigenvalue weighted by Crippen LogP contribution is -2.52. The lowest BCUT2D eigenvalue weighted by molar-refractivity contribution is -0.129. The molecule has 1 N–H and O–H groups in total. The van der Waals surface area contributed by atoms with Gasteiger partial charge in [0.15, 0.2) is 17.3 Å². The molecule has 1 aliphatic carbocycles. The number of nitrogens with zero attached hydrogens (tertiary/aromatic N) is 1. The van der Waals surface area contributed by atoms with Gasteiger partial charge in [0.2, 0.25) is 19.0 Å². The van der Waals surface area contributed by atoms with E-state index in [1.165, 1.54) is 12.8 Å². The van der Waals surface area contributed by atoms with E-state index in [2.05, 4.69) is 17.3 Å². The molecule has 30 heavy (non-hydrogen) atoms. The zero-order valence-electron chi connectivity index (χ0n) is 18.2. The van der Waals surface area contributed by atoms with Crippen molar-refractivity contribution in [3.63, 3.8) is 0 Å². The van der Waals surface area contributed by atoms with Crippen LogP contribution < -0.4 is 19.5 Å². The maximum Gasteiger partial charge on any atom is 0.231 e. The third-order valence-electron chi connectivity index (χ3n) is 7.09. The molecule has 1 aromatic rings. The third kappa shape index (κ3) is 3.75. The second-order valence-corrected chi connectivity index (χ2v) is 9.04. The van der Waals surface area contributed by atoms with E-state index in [1.807, 2.05) is 13.0 Å². The summed E-state index contributed by atoms with van der Waals surface area (Å²) in [6.45, 7) is 2.90. The van der Waals surface area contributed by atoms with Crippen LogP contribution in [0.1, 0.15) is 62.6 Å². The minimum absolute atomic E-state index is 0.0804. The summed E-state index contributed by atoms with van der Waals surface area (Å²) in [5, 5.41) is 2.87. The quantitative estimate of drug-likeness (QED) is 0.657. The van der Waals surface area contributed by atoms with Gasteiger partial charge in [-0.2, -0.15) is 0 Å². The van der Waals surface area contributed by atoms with Gasteiger partial charge < -0.3 is 19.5 Å². The Morgan fingerprint density at radius 3 is 2.83 bits per heavy atom. The summed E-state index contributed by atoms with van der Waals surface area (Å²) in [7, 11) is 3.69. The summed E-state index contributed by atoms with van der Waals surface area (Å²) < 4.78 is 17.0. The van der Waals surface area contributed by atoms with Gasteiger partial charge in [0.1, 0.15) is 0 Å². The maximum atomic E-state index is 13.3. The molecule has 2 aliphatic heterocycles. The van der Waals surface area contributed by atoms with Crippen molar-refractivity contribution in [3.8, 4) is 17.2 Å². The minimum Gasteiger partial charge on any atom is -0.492 e. The highest BCUT2D eigenvalue weighted by Crippen LogP contribution is 2.50. The topological polar surface area (TPSA) is 77.1 Å². The molecule has 0 bridgehead atoms. The third-order valence-corrected chi connectivity index (χ3v) is 7.09. The molecule has 3 aliphatic rings. The predicted molar refractivity (Wildman–Crippen MR) is 112 cm³/mol. The van der Waals surface area contributed by atoms with Crippen LogP contribution in [0.4, 0.5) is 0 Å². The molecule has 1 amide bonds. The van der Waals surface area contributed by atoms with Crippen LogP contribution in [0, 0.1) is 5.92 Å². The van der Waals surface area contributed by atoms with Crippen LogP contribution in [0.15, 0.2) is 6.07 Å². The summed E-state index contributed by atoms with van der Waals surface area (Å²) in [5.74, 6) is 2.55. The van der Waals surface area contributed by atoms with E-state index in [-0.39, 0.29) is 18.6 Å². The van der Waals surface area contributed by atoms with Crippen LogP contribution in [0.5, 0.6) is 17.2 Å². The summed E-state index contributed by atoms with van der Waals surface area (Å²) in [6.07, 6.45) is 7.13. The molecule has 164 valence electrons. The van der Waals surface area contributed by atoms with Crippen molar-refractivity contribution in [2.75, 3.05) is 27.5 Å². The number of hydrogen-bond donors (Lipinski definition) is 1. The smallest absolute Gasteiger partial charge is 0.231 e. The number of amides is 1. The SMILES string of the molecule is COc1c2c(cc3c1C(CC(C)(NC=O)C(=O)CC1CCCC1)N(C)CC3)OCO2. The Morgan fingerprint density at radius 1 is 1.37 bits per heavy atom. The van der Waals surface area contributed by atoms with Crippen LogP contribution in [0.2, 0.25) is 0 Å². The van der Waals surface area contributed by atoms with Gasteiger partial charge in [-0.05, 0) is 44.4 Å². The number of carbonyl (C=O) groups excluding carboxylic acids is 2. The van der Waals surface area contributed by atoms with E-state index in [4.69, 9.17) is 14.2 Å². The van der Waals surface area contributed by atoms with Gasteiger partial charge in [-0.1, -0.05) is 25.7 Å². The van der Waals surface area contributed by atoms with Gasteiger partial charge in [-0.15, -0.1) is 0 Å². The molecule has 1 fully saturated rings. The van der Waals surface area contributed by atoms with Gasteiger partial charge in [0.05, 0.1) is 12.6 Å². The van der Waals surface area contributed by atoms with Crippen LogP contribution >= 0.6 is 0 Å². The monoisotopic (exact) mass is 416 g/mol. The zero-order valence-corrected chi connectivity index (χ0v) is 18.2. The molecule has 0 saturated heterocycles. The van der Waals surface area contributed by atoms with Crippen molar-refractivity contribution in [1.29, 1.82) is 0 Å². The number of ether oxygens (including phenoxy) is 3. The first-order valence-electron chi connectivity index (χ1n) is 10.9. The lowest BCUT2D eigenvalue weighted by Gasteiger charge is -2.40. The number of nitrogens with one attached hydrogen (secondary N) is 1. The molecule has 1 aromatic carbocycles. The summed E-state index contributed by atoms with van der Waals surface area (Å²) in [5.41, 5.74) is 1.25. The number of hydrogen-bond acceptors (Lipinski definition) is 6. The molecule has 0 spiro atoms. The second kappa shape index (κ2) is 8.46. The number of rotatable bonds is 8. The van der Waals surface area contributed by atoms with E-state index >= 15 is 0 Å². The molecule has 2 atom stereocenters. The standard InChI is InChI=1S/C23H32N2O5/c1-23(24-13-26,19(27)10-15-6-4-5-7-15)12-17-20-16(8-9-25(17)2)11-18-21(22(20)28-3)30-14-29-18/h11,13,15,17H,4-10,12,14H2,1-3H3,(H,24,26). The van der Waals surface area contributed by atoms with E-state index in [0.29, 0.717) is 42.4 Å². The molecular weight excluding hydrogens is 384 g/mol. The van der Waals surface area contributed by atoms with Gasteiger partial charge in [0, 0.05) is 24.6 Å². The molecule has 1 saturated carbocycles. The fourth-order valence-corrected chi connectivity index (χ4v) is 5.26. The fraction of sp³-hybridized carbons (Fsp3) is 0.652. The molecule has 7 heteroatoms. The molecule has 0 radical (unpaired) electrons. The zero-order chi connectivity index (χ0) is 21.3. The Hall–Kier alpha value is -2.28. The Balaban J connectivity index is 1.67. The highest BCUT2D eigenvalue weighted by atomic mass is 16.7. The minimum atomic E-state index is -0.931. The predicted octanol–water partition coefficient (Wildman–Crippen LogP) is 3.00. The Bertz CT molecular complexity index is 820. The largest absolute Gasteiger partial charge is 0.492 e. The van der Waals surface area contributed by atoms with Crippen molar-refractivity contribution in [2.45, 2.75) is 63.5 Å². The number of carbonyl (C=O) groups is 2. The van der Waals surface area contributed by atoms with E-state index in [9.17, 15) is 9.59 Å². The van der Waals surface area contributed by atoms with E-state index < -0.39 is 5.54 Å². The average Bonchev–Trinajstić information content (AvgIpc) is 3.40. The van der Waals surface area contributed by atoms with Gasteiger partial charge in [-0.25, -0.2) is 0 Å². The second-order valence-electron chi connectivity index (χ2n) is 9.04. The Labute approximate surface area is 178 Å². The van der Waals surface area contributed by atoms with Crippen LogP contribution in [0.25, 0.3) is 0 Å². The van der Waals surface area contributed by atoms with Crippen molar-refractivity contribution >= 4 is 12.2 Å². The molecular formula is C23H32N2O5. The molecule has 2 unspecified atom stereocenters. The summed E-state index contributed by atoms with van der Waals surface area (Å²) >= 11 is 0. The number of benzene rings is 1. The first-order valence-corrected chi connectivity index (χ1v) is 10.9. The van der Waals surface area contributed by atoms with Crippen molar-refractivity contribution in [1.82, 2.24) is 10.2 Å². The number of fused-ring (bicyclic) bond motifs is 2. The number of methoxy groups -OCH3 is 1. The van der Waals surface area contributed by atoms with Gasteiger partial charge in [0.25, 0.3) is 0 Å². The average molecular weight is 417 g/mol. The molecule has 7 nitrogen and oxygen atoms in total. The highest BCUT2D eigenvalue weighted by molar-refractivity contribution is 5.90. The Morgan fingerprint density at radius 2 is 2.13 bits per heavy atom. The first kappa shape index (κ1) is 21.0. The molecule has 4 rings (SSSR count). The summed E-state index contributed by atoms with van der Waals surface area (Å²) in [4.78, 5) is 27.0. The number of likely N-dealkylation sites (N-methyl/N-ethyl adjacent to an activating group) is 1. The first-order chi connectivity index (χ1) is 14.5. The normalized spacial score (nSPS) is 23.0. The Kier molecular flexibility index (Phi) is 5.91. The van der Waals surface area contributed by atoms with Crippen LogP contribution in [0.3, 0.4) is 0 Å². The summed E-state index contributed by atoms with van der Waals surface area (Å²) in [6, 6.07) is 1.95. The van der Waals surface area contributed by atoms with Crippen molar-refractivity contribution in [3.05, 3.63) is 17.2 Å². The fourth-order valence-electron chi connectivity index (χ4n) is 5.26. The number of Topliss-reactive ketones (excluding diaryl/α,β-unsaturated/α-hetero) is 1. The van der Waals surface area contributed by atoms with Gasteiger partial charge in [-0.3, -0.25) is 14.5 Å². The highest BCUT2D eigenvalue weighted by Gasteiger charge is 2.42. The van der Waals surface area contributed by atoms with E-state index in [0.717, 1.165) is 36.9 Å². The lowest BCUT2D eigenvalue weighted by atomic mass is 9.79. The van der Waals surface area contributed by atoms with Crippen molar-refractivity contribution in [2.24, 2.45) is 5.92 Å².